The monoisotopic (exact) mass is 379 g/mol. The maximum atomic E-state index is 13.7. The summed E-state index contributed by atoms with van der Waals surface area (Å²) in [6.45, 7) is 2.44. The van der Waals surface area contributed by atoms with E-state index in [1.807, 2.05) is 6.92 Å². The van der Waals surface area contributed by atoms with Gasteiger partial charge in [0.1, 0.15) is 17.3 Å². The Morgan fingerprint density at radius 3 is 2.46 bits per heavy atom. The molecular weight excluding hydrogens is 361 g/mol. The predicted molar refractivity (Wildman–Crippen MR) is 104 cm³/mol. The summed E-state index contributed by atoms with van der Waals surface area (Å²) in [6, 6.07) is 15.6. The fraction of sp³-hybridized carbons (Fsp3) is 0.0952. The number of nitrogens with one attached hydrogen (secondary N) is 2. The summed E-state index contributed by atoms with van der Waals surface area (Å²) >= 11 is 0. The third kappa shape index (κ3) is 4.70. The molecule has 1 heterocycles. The van der Waals surface area contributed by atoms with Gasteiger partial charge >= 0.3 is 0 Å². The van der Waals surface area contributed by atoms with Gasteiger partial charge in [0.25, 0.3) is 11.8 Å². The van der Waals surface area contributed by atoms with Crippen molar-refractivity contribution in [3.8, 4) is 5.75 Å². The molecule has 0 saturated heterocycles. The SMILES string of the molecule is CCOc1ccc(NC(=O)c2ccnc(C(=O)Nc3ccccc3F)c2)cc1. The van der Waals surface area contributed by atoms with E-state index in [2.05, 4.69) is 15.6 Å². The molecule has 2 N–H and O–H groups in total. The topological polar surface area (TPSA) is 80.3 Å². The summed E-state index contributed by atoms with van der Waals surface area (Å²) < 4.78 is 19.0. The van der Waals surface area contributed by atoms with Crippen LogP contribution in [-0.2, 0) is 0 Å². The zero-order valence-electron chi connectivity index (χ0n) is 15.1. The summed E-state index contributed by atoms with van der Waals surface area (Å²) in [6.07, 6.45) is 1.35. The molecule has 6 nitrogen and oxygen atoms in total. The first-order chi connectivity index (χ1) is 13.6. The van der Waals surface area contributed by atoms with E-state index in [1.165, 1.54) is 36.5 Å². The quantitative estimate of drug-likeness (QED) is 0.675. The number of anilines is 2. The molecule has 7 heteroatoms. The van der Waals surface area contributed by atoms with Crippen LogP contribution in [0.25, 0.3) is 0 Å². The van der Waals surface area contributed by atoms with E-state index in [0.29, 0.717) is 18.0 Å². The van der Waals surface area contributed by atoms with Gasteiger partial charge in [-0.1, -0.05) is 12.1 Å². The van der Waals surface area contributed by atoms with Crippen LogP contribution in [0.4, 0.5) is 15.8 Å². The van der Waals surface area contributed by atoms with Crippen LogP contribution >= 0.6 is 0 Å². The third-order valence-electron chi connectivity index (χ3n) is 3.80. The van der Waals surface area contributed by atoms with E-state index in [9.17, 15) is 14.0 Å². The summed E-state index contributed by atoms with van der Waals surface area (Å²) in [5.74, 6) is -0.857. The van der Waals surface area contributed by atoms with Gasteiger partial charge in [-0.15, -0.1) is 0 Å². The van der Waals surface area contributed by atoms with Crippen LogP contribution in [0.5, 0.6) is 5.75 Å². The smallest absolute Gasteiger partial charge is 0.274 e. The van der Waals surface area contributed by atoms with Crippen molar-refractivity contribution in [1.29, 1.82) is 0 Å². The van der Waals surface area contributed by atoms with Gasteiger partial charge in [0.05, 0.1) is 12.3 Å². The minimum Gasteiger partial charge on any atom is -0.494 e. The number of rotatable bonds is 6. The van der Waals surface area contributed by atoms with Gasteiger partial charge in [0.15, 0.2) is 0 Å². The normalized spacial score (nSPS) is 10.2. The maximum absolute atomic E-state index is 13.7. The molecule has 0 aliphatic heterocycles. The molecule has 0 spiro atoms. The molecule has 3 rings (SSSR count). The van der Waals surface area contributed by atoms with Crippen LogP contribution in [0, 0.1) is 5.82 Å². The number of carbonyl (C=O) groups excluding carboxylic acids is 2. The Kier molecular flexibility index (Phi) is 5.96. The number of hydrogen-bond donors (Lipinski definition) is 2. The summed E-state index contributed by atoms with van der Waals surface area (Å²) in [4.78, 5) is 28.7. The number of amides is 2. The van der Waals surface area contributed by atoms with Crippen molar-refractivity contribution in [2.45, 2.75) is 6.92 Å². The zero-order chi connectivity index (χ0) is 19.9. The highest BCUT2D eigenvalue weighted by Crippen LogP contribution is 2.17. The van der Waals surface area contributed by atoms with Crippen LogP contribution in [0.15, 0.2) is 66.9 Å². The Labute approximate surface area is 161 Å². The zero-order valence-corrected chi connectivity index (χ0v) is 15.1. The van der Waals surface area contributed by atoms with Gasteiger partial charge in [-0.2, -0.15) is 0 Å². The number of pyridine rings is 1. The van der Waals surface area contributed by atoms with Gasteiger partial charge in [0.2, 0.25) is 0 Å². The Morgan fingerprint density at radius 2 is 1.75 bits per heavy atom. The lowest BCUT2D eigenvalue weighted by molar-refractivity contribution is 0.102. The van der Waals surface area contributed by atoms with E-state index in [0.717, 1.165) is 0 Å². The van der Waals surface area contributed by atoms with Gasteiger partial charge in [-0.25, -0.2) is 4.39 Å². The minimum absolute atomic E-state index is 0.00240. The Morgan fingerprint density at radius 1 is 1.00 bits per heavy atom. The molecule has 0 aliphatic carbocycles. The molecule has 3 aromatic rings. The van der Waals surface area contributed by atoms with Crippen molar-refractivity contribution in [3.63, 3.8) is 0 Å². The molecule has 0 fully saturated rings. The number of para-hydroxylation sites is 1. The van der Waals surface area contributed by atoms with E-state index in [1.54, 1.807) is 30.3 Å². The fourth-order valence-corrected chi connectivity index (χ4v) is 2.45. The molecule has 0 saturated carbocycles. The van der Waals surface area contributed by atoms with Gasteiger partial charge in [-0.3, -0.25) is 14.6 Å². The minimum atomic E-state index is -0.610. The molecule has 0 aliphatic rings. The lowest BCUT2D eigenvalue weighted by Gasteiger charge is -2.09. The standard InChI is InChI=1S/C21H18FN3O3/c1-2-28-16-9-7-15(8-10-16)24-20(26)14-11-12-23-19(13-14)21(27)25-18-6-4-3-5-17(18)22/h3-13H,2H2,1H3,(H,24,26)(H,25,27). The molecule has 0 bridgehead atoms. The van der Waals surface area contributed by atoms with E-state index in [4.69, 9.17) is 4.74 Å². The van der Waals surface area contributed by atoms with Crippen LogP contribution in [0.1, 0.15) is 27.8 Å². The van der Waals surface area contributed by atoms with E-state index >= 15 is 0 Å². The predicted octanol–water partition coefficient (Wildman–Crippen LogP) is 4.12. The van der Waals surface area contributed by atoms with Gasteiger partial charge < -0.3 is 15.4 Å². The van der Waals surface area contributed by atoms with Crippen LogP contribution in [0.3, 0.4) is 0 Å². The molecule has 0 atom stereocenters. The Balaban J connectivity index is 1.70. The Bertz CT molecular complexity index is 990. The van der Waals surface area contributed by atoms with Gasteiger partial charge in [0, 0.05) is 17.4 Å². The average Bonchev–Trinajstić information content (AvgIpc) is 2.71. The first-order valence-electron chi connectivity index (χ1n) is 8.63. The van der Waals surface area contributed by atoms with E-state index in [-0.39, 0.29) is 16.9 Å². The van der Waals surface area contributed by atoms with Crippen LogP contribution in [0.2, 0.25) is 0 Å². The molecule has 28 heavy (non-hydrogen) atoms. The first-order valence-corrected chi connectivity index (χ1v) is 8.63. The lowest BCUT2D eigenvalue weighted by atomic mass is 10.2. The highest BCUT2D eigenvalue weighted by Gasteiger charge is 2.14. The van der Waals surface area contributed by atoms with Crippen molar-refractivity contribution in [1.82, 2.24) is 4.98 Å². The average molecular weight is 379 g/mol. The summed E-state index contributed by atoms with van der Waals surface area (Å²) in [7, 11) is 0. The Hall–Kier alpha value is -3.74. The molecule has 0 radical (unpaired) electrons. The maximum Gasteiger partial charge on any atom is 0.274 e. The second-order valence-electron chi connectivity index (χ2n) is 5.78. The van der Waals surface area contributed by atoms with Gasteiger partial charge in [-0.05, 0) is 55.5 Å². The molecule has 0 unspecified atom stereocenters. The second kappa shape index (κ2) is 8.77. The number of aromatic nitrogens is 1. The summed E-state index contributed by atoms with van der Waals surface area (Å²) in [5.41, 5.74) is 0.881. The highest BCUT2D eigenvalue weighted by molar-refractivity contribution is 6.07. The lowest BCUT2D eigenvalue weighted by Crippen LogP contribution is -2.17. The van der Waals surface area contributed by atoms with Crippen molar-refractivity contribution >= 4 is 23.2 Å². The fourth-order valence-electron chi connectivity index (χ4n) is 2.45. The third-order valence-corrected chi connectivity index (χ3v) is 3.80. The summed E-state index contributed by atoms with van der Waals surface area (Å²) in [5, 5.41) is 5.18. The van der Waals surface area contributed by atoms with Crippen molar-refractivity contribution in [3.05, 3.63) is 83.9 Å². The number of ether oxygens (including phenoxy) is 1. The first kappa shape index (κ1) is 19.0. The number of halogens is 1. The number of hydrogen-bond acceptors (Lipinski definition) is 4. The van der Waals surface area contributed by atoms with Crippen molar-refractivity contribution in [2.24, 2.45) is 0 Å². The number of carbonyl (C=O) groups is 2. The number of benzene rings is 2. The molecule has 2 aromatic carbocycles. The molecular formula is C21H18FN3O3. The van der Waals surface area contributed by atoms with Crippen LogP contribution in [-0.4, -0.2) is 23.4 Å². The van der Waals surface area contributed by atoms with Crippen LogP contribution < -0.4 is 15.4 Å². The largest absolute Gasteiger partial charge is 0.494 e. The molecule has 1 aromatic heterocycles. The second-order valence-corrected chi connectivity index (χ2v) is 5.78. The van der Waals surface area contributed by atoms with Crippen molar-refractivity contribution in [2.75, 3.05) is 17.2 Å². The highest BCUT2D eigenvalue weighted by atomic mass is 19.1. The van der Waals surface area contributed by atoms with Crippen molar-refractivity contribution < 1.29 is 18.7 Å². The number of nitrogens with zero attached hydrogens (tertiary/aromatic N) is 1. The molecule has 142 valence electrons. The van der Waals surface area contributed by atoms with E-state index < -0.39 is 17.6 Å². The molecule has 2 amide bonds.